The molecular formula is C27H42SeSi5. The van der Waals surface area contributed by atoms with E-state index in [9.17, 15) is 0 Å². The summed E-state index contributed by atoms with van der Waals surface area (Å²) < 4.78 is 0. The van der Waals surface area contributed by atoms with Crippen LogP contribution in [0.25, 0.3) is 0 Å². The van der Waals surface area contributed by atoms with Crippen molar-refractivity contribution in [3.8, 4) is 0 Å². The third-order valence-electron chi connectivity index (χ3n) is 7.02. The van der Waals surface area contributed by atoms with Gasteiger partial charge in [0.2, 0.25) is 0 Å². The molecule has 0 bridgehead atoms. The van der Waals surface area contributed by atoms with Crippen molar-refractivity contribution in [2.24, 2.45) is 0 Å². The Bertz CT molecular complexity index is 900. The van der Waals surface area contributed by atoms with Gasteiger partial charge in [0.15, 0.2) is 0 Å². The quantitative estimate of drug-likeness (QED) is 0.240. The van der Waals surface area contributed by atoms with E-state index in [1.54, 1.807) is 15.6 Å². The van der Waals surface area contributed by atoms with Crippen LogP contribution in [0.3, 0.4) is 0 Å². The number of benzene rings is 3. The van der Waals surface area contributed by atoms with E-state index < -0.39 is 34.7 Å². The second kappa shape index (κ2) is 9.72. The first-order valence-electron chi connectivity index (χ1n) is 12.1. The number of hydrogen-bond donors (Lipinski definition) is 0. The Morgan fingerprint density at radius 3 is 0.848 bits per heavy atom. The van der Waals surface area contributed by atoms with Crippen molar-refractivity contribution in [3.63, 3.8) is 0 Å². The fourth-order valence-electron chi connectivity index (χ4n) is 6.76. The molecule has 0 heterocycles. The van der Waals surface area contributed by atoms with Gasteiger partial charge in [0, 0.05) is 0 Å². The van der Waals surface area contributed by atoms with Crippen LogP contribution in [0, 0.1) is 0 Å². The molecule has 0 aliphatic carbocycles. The van der Waals surface area contributed by atoms with Gasteiger partial charge in [-0.2, -0.15) is 0 Å². The molecule has 0 saturated carbocycles. The molecule has 0 fully saturated rings. The first-order valence-corrected chi connectivity index (χ1v) is 34.6. The topological polar surface area (TPSA) is 0 Å². The summed E-state index contributed by atoms with van der Waals surface area (Å²) in [5.74, 6) is 0. The molecule has 0 amide bonds. The molecule has 176 valence electrons. The Labute approximate surface area is 212 Å². The maximum atomic E-state index is 2.76. The van der Waals surface area contributed by atoms with Gasteiger partial charge in [-0.1, -0.05) is 0 Å². The van der Waals surface area contributed by atoms with E-state index in [-0.39, 0.29) is 0 Å². The Hall–Kier alpha value is -0.736. The molecule has 0 aliphatic heterocycles. The van der Waals surface area contributed by atoms with Gasteiger partial charge in [-0.3, -0.25) is 0 Å². The van der Waals surface area contributed by atoms with Crippen molar-refractivity contribution in [2.75, 3.05) is 0 Å². The summed E-state index contributed by atoms with van der Waals surface area (Å²) in [5, 5.41) is 3.36. The van der Waals surface area contributed by atoms with Gasteiger partial charge in [0.05, 0.1) is 0 Å². The molecule has 3 aromatic rings. The van der Waals surface area contributed by atoms with Crippen LogP contribution in [-0.4, -0.2) is 48.4 Å². The SMILES string of the molecule is C[Si](C)(C)[Si]([Se][Si](c1ccccc1)(c1ccccc1)c1ccccc1)([Si](C)(C)C)[Si](C)(C)C. The van der Waals surface area contributed by atoms with E-state index in [4.69, 9.17) is 0 Å². The van der Waals surface area contributed by atoms with E-state index in [1.165, 1.54) is 0 Å². The predicted molar refractivity (Wildman–Crippen MR) is 166 cm³/mol. The average molecular weight is 586 g/mol. The summed E-state index contributed by atoms with van der Waals surface area (Å²) in [6.07, 6.45) is 0. The van der Waals surface area contributed by atoms with Crippen LogP contribution < -0.4 is 15.6 Å². The second-order valence-electron chi connectivity index (χ2n) is 12.3. The van der Waals surface area contributed by atoms with Gasteiger partial charge >= 0.3 is 214 Å². The predicted octanol–water partition coefficient (Wildman–Crippen LogP) is 5.55. The third-order valence-corrected chi connectivity index (χ3v) is 144. The zero-order valence-electron chi connectivity index (χ0n) is 22.1. The van der Waals surface area contributed by atoms with Crippen molar-refractivity contribution in [1.29, 1.82) is 0 Å². The Kier molecular flexibility index (Phi) is 7.92. The molecule has 0 nitrogen and oxygen atoms in total. The van der Waals surface area contributed by atoms with Crippen molar-refractivity contribution in [2.45, 2.75) is 58.9 Å². The fraction of sp³-hybridized carbons (Fsp3) is 0.333. The average Bonchev–Trinajstić information content (AvgIpc) is 2.74. The zero-order valence-corrected chi connectivity index (χ0v) is 28.8. The number of rotatable bonds is 8. The van der Waals surface area contributed by atoms with Gasteiger partial charge in [-0.25, -0.2) is 0 Å². The van der Waals surface area contributed by atoms with Crippen LogP contribution >= 0.6 is 0 Å². The first-order chi connectivity index (χ1) is 15.3. The number of hydrogen-bond acceptors (Lipinski definition) is 0. The normalized spacial score (nSPS) is 13.7. The standard InChI is InChI=1S/C27H42SeSi5/c1-29(2,3)33(30(4,5)6,31(7,8)9)28-32(25-19-13-10-14-20-25,26-21-15-11-16-22-26)27-23-17-12-18-24-27/h10-24H,1-9H3. The van der Waals surface area contributed by atoms with Crippen LogP contribution in [0.1, 0.15) is 0 Å². The Morgan fingerprint density at radius 2 is 0.636 bits per heavy atom. The van der Waals surface area contributed by atoms with E-state index in [1.807, 2.05) is 0 Å². The molecule has 0 saturated heterocycles. The van der Waals surface area contributed by atoms with Gasteiger partial charge in [-0.15, -0.1) is 0 Å². The van der Waals surface area contributed by atoms with Gasteiger partial charge in [0.25, 0.3) is 0 Å². The van der Waals surface area contributed by atoms with Crippen LogP contribution in [0.5, 0.6) is 0 Å². The maximum absolute atomic E-state index is 2.76. The molecule has 33 heavy (non-hydrogen) atoms. The second-order valence-corrected chi connectivity index (χ2v) is 74.7. The monoisotopic (exact) mass is 586 g/mol. The summed E-state index contributed by atoms with van der Waals surface area (Å²) in [7, 11) is -4.17. The molecule has 0 aliphatic rings. The minimum absolute atomic E-state index is 0.628. The van der Waals surface area contributed by atoms with E-state index >= 15 is 0 Å². The molecule has 0 aromatic heterocycles. The molecule has 0 atom stereocenters. The van der Waals surface area contributed by atoms with Crippen molar-refractivity contribution in [1.82, 2.24) is 0 Å². The molecule has 3 rings (SSSR count). The van der Waals surface area contributed by atoms with Crippen LogP contribution in [-0.2, 0) is 0 Å². The summed E-state index contributed by atoms with van der Waals surface area (Å²) >= 11 is 0.628. The summed E-state index contributed by atoms with van der Waals surface area (Å²) in [4.78, 5) is 0. The van der Waals surface area contributed by atoms with Gasteiger partial charge in [-0.05, 0) is 0 Å². The van der Waals surface area contributed by atoms with Crippen LogP contribution in [0.4, 0.5) is 0 Å². The summed E-state index contributed by atoms with van der Waals surface area (Å²) in [5.41, 5.74) is 0. The fourth-order valence-corrected chi connectivity index (χ4v) is 204. The Morgan fingerprint density at radius 1 is 0.394 bits per heavy atom. The molecule has 3 aromatic carbocycles. The van der Waals surface area contributed by atoms with Gasteiger partial charge in [0.1, 0.15) is 0 Å². The molecule has 0 unspecified atom stereocenters. The summed E-state index contributed by atoms with van der Waals surface area (Å²) in [6.45, 7) is 22.7. The van der Waals surface area contributed by atoms with Crippen molar-refractivity contribution in [3.05, 3.63) is 91.0 Å². The van der Waals surface area contributed by atoms with E-state index in [2.05, 4.69) is 150 Å². The third kappa shape index (κ3) is 4.85. The first kappa shape index (κ1) is 26.9. The molecule has 0 radical (unpaired) electrons. The van der Waals surface area contributed by atoms with E-state index in [0.29, 0.717) is 13.7 Å². The zero-order chi connectivity index (χ0) is 24.5. The van der Waals surface area contributed by atoms with Gasteiger partial charge < -0.3 is 0 Å². The molecular weight excluding hydrogens is 544 g/mol. The van der Waals surface area contributed by atoms with Crippen LogP contribution in [0.15, 0.2) is 91.0 Å². The molecule has 0 N–H and O–H groups in total. The Balaban J connectivity index is 2.51. The summed E-state index contributed by atoms with van der Waals surface area (Å²) in [6, 6.07) is 35.2. The van der Waals surface area contributed by atoms with Crippen LogP contribution in [0.2, 0.25) is 58.9 Å². The van der Waals surface area contributed by atoms with Crippen molar-refractivity contribution < 1.29 is 0 Å². The van der Waals surface area contributed by atoms with Crippen molar-refractivity contribution >= 4 is 63.9 Å². The molecule has 0 spiro atoms. The molecule has 6 heteroatoms. The minimum atomic E-state index is -2.16. The van der Waals surface area contributed by atoms with E-state index in [0.717, 1.165) is 0 Å².